The van der Waals surface area contributed by atoms with Gasteiger partial charge in [0.25, 0.3) is 5.91 Å². The number of hydrogen-bond acceptors (Lipinski definition) is 7. The molecule has 0 fully saturated rings. The van der Waals surface area contributed by atoms with Crippen LogP contribution >= 0.6 is 0 Å². The molecule has 0 aliphatic carbocycles. The van der Waals surface area contributed by atoms with E-state index in [0.717, 1.165) is 10.6 Å². The standard InChI is InChI=1S/C21H25N3O6S/c1-5-12-30-19-11-10-16(13-20(19)29-3)14-22-23-21(25)15-24(31(4,26)27)17-8-6-7-9-18(17)28-2/h5-11,13-14H,1,12,15H2,2-4H3,(H,23,25)/b22-14-. The van der Waals surface area contributed by atoms with Crippen LogP contribution in [0.4, 0.5) is 5.69 Å². The van der Waals surface area contributed by atoms with E-state index in [-0.39, 0.29) is 5.69 Å². The molecule has 0 saturated heterocycles. The van der Waals surface area contributed by atoms with Gasteiger partial charge in [-0.3, -0.25) is 9.10 Å². The topological polar surface area (TPSA) is 107 Å². The Bertz CT molecular complexity index is 1050. The van der Waals surface area contributed by atoms with Gasteiger partial charge in [-0.15, -0.1) is 0 Å². The van der Waals surface area contributed by atoms with Crippen LogP contribution in [0.15, 0.2) is 60.2 Å². The molecule has 2 rings (SSSR count). The molecule has 0 heterocycles. The minimum absolute atomic E-state index is 0.256. The number of hydrogen-bond donors (Lipinski definition) is 1. The monoisotopic (exact) mass is 447 g/mol. The number of methoxy groups -OCH3 is 2. The number of nitrogens with zero attached hydrogens (tertiary/aromatic N) is 2. The average molecular weight is 448 g/mol. The molecule has 1 N–H and O–H groups in total. The molecule has 0 aliphatic heterocycles. The van der Waals surface area contributed by atoms with Gasteiger partial charge in [0.1, 0.15) is 18.9 Å². The normalized spacial score (nSPS) is 11.1. The van der Waals surface area contributed by atoms with Crippen LogP contribution in [0.5, 0.6) is 17.2 Å². The number of carbonyl (C=O) groups is 1. The molecule has 0 aromatic heterocycles. The Balaban J connectivity index is 2.10. The van der Waals surface area contributed by atoms with Crippen LogP contribution in [0.3, 0.4) is 0 Å². The minimum atomic E-state index is -3.74. The van der Waals surface area contributed by atoms with Gasteiger partial charge in [0.15, 0.2) is 11.5 Å². The molecule has 31 heavy (non-hydrogen) atoms. The van der Waals surface area contributed by atoms with E-state index in [4.69, 9.17) is 14.2 Å². The number of benzene rings is 2. The van der Waals surface area contributed by atoms with Gasteiger partial charge in [-0.1, -0.05) is 24.8 Å². The minimum Gasteiger partial charge on any atom is -0.495 e. The number of amides is 1. The summed E-state index contributed by atoms with van der Waals surface area (Å²) in [4.78, 5) is 12.3. The van der Waals surface area contributed by atoms with Crippen LogP contribution in [-0.4, -0.2) is 54.2 Å². The molecule has 0 atom stereocenters. The number of carbonyl (C=O) groups excluding carboxylic acids is 1. The summed E-state index contributed by atoms with van der Waals surface area (Å²) in [5, 5.41) is 3.89. The van der Waals surface area contributed by atoms with Crippen LogP contribution in [0, 0.1) is 0 Å². The molecular weight excluding hydrogens is 422 g/mol. The first kappa shape index (κ1) is 23.7. The number of para-hydroxylation sites is 2. The maximum absolute atomic E-state index is 12.3. The van der Waals surface area contributed by atoms with Crippen molar-refractivity contribution in [3.63, 3.8) is 0 Å². The van der Waals surface area contributed by atoms with Gasteiger partial charge in [0.05, 0.1) is 32.4 Å². The Morgan fingerprint density at radius 1 is 1.13 bits per heavy atom. The summed E-state index contributed by atoms with van der Waals surface area (Å²) in [6.45, 7) is 3.47. The van der Waals surface area contributed by atoms with Crippen molar-refractivity contribution in [2.45, 2.75) is 0 Å². The van der Waals surface area contributed by atoms with Crippen LogP contribution in [0.25, 0.3) is 0 Å². The van der Waals surface area contributed by atoms with E-state index < -0.39 is 22.5 Å². The van der Waals surface area contributed by atoms with Crippen LogP contribution in [-0.2, 0) is 14.8 Å². The number of anilines is 1. The summed E-state index contributed by atoms with van der Waals surface area (Å²) >= 11 is 0. The number of nitrogens with one attached hydrogen (secondary N) is 1. The van der Waals surface area contributed by atoms with Crippen LogP contribution < -0.4 is 23.9 Å². The van der Waals surface area contributed by atoms with Crippen LogP contribution in [0.2, 0.25) is 0 Å². The van der Waals surface area contributed by atoms with Gasteiger partial charge in [0.2, 0.25) is 10.0 Å². The highest BCUT2D eigenvalue weighted by molar-refractivity contribution is 7.92. The maximum Gasteiger partial charge on any atom is 0.260 e. The molecule has 1 amide bonds. The van der Waals surface area contributed by atoms with E-state index in [0.29, 0.717) is 29.4 Å². The lowest BCUT2D eigenvalue weighted by Crippen LogP contribution is -2.39. The van der Waals surface area contributed by atoms with Crippen LogP contribution in [0.1, 0.15) is 5.56 Å². The lowest BCUT2D eigenvalue weighted by atomic mass is 10.2. The molecule has 9 nitrogen and oxygen atoms in total. The van der Waals surface area contributed by atoms with Gasteiger partial charge in [-0.25, -0.2) is 13.8 Å². The predicted octanol–water partition coefficient (Wildman–Crippen LogP) is 2.18. The molecule has 2 aromatic rings. The van der Waals surface area contributed by atoms with Crippen molar-refractivity contribution in [1.82, 2.24) is 5.43 Å². The third kappa shape index (κ3) is 6.75. The van der Waals surface area contributed by atoms with Gasteiger partial charge in [0, 0.05) is 0 Å². The number of hydrazone groups is 1. The second-order valence-electron chi connectivity index (χ2n) is 6.24. The summed E-state index contributed by atoms with van der Waals surface area (Å²) < 4.78 is 41.4. The smallest absolute Gasteiger partial charge is 0.260 e. The average Bonchev–Trinajstić information content (AvgIpc) is 2.75. The van der Waals surface area contributed by atoms with E-state index >= 15 is 0 Å². The van der Waals surface area contributed by atoms with Crippen molar-refractivity contribution >= 4 is 27.8 Å². The van der Waals surface area contributed by atoms with E-state index in [1.54, 1.807) is 48.5 Å². The van der Waals surface area contributed by atoms with Crippen molar-refractivity contribution in [3.05, 3.63) is 60.7 Å². The Labute approximate surface area is 182 Å². The fourth-order valence-corrected chi connectivity index (χ4v) is 3.45. The summed E-state index contributed by atoms with van der Waals surface area (Å²) in [6.07, 6.45) is 4.04. The van der Waals surface area contributed by atoms with Gasteiger partial charge in [-0.05, 0) is 35.9 Å². The molecule has 2 aromatic carbocycles. The predicted molar refractivity (Wildman–Crippen MR) is 120 cm³/mol. The van der Waals surface area contributed by atoms with E-state index in [2.05, 4.69) is 17.1 Å². The lowest BCUT2D eigenvalue weighted by molar-refractivity contribution is -0.119. The first-order valence-electron chi connectivity index (χ1n) is 9.14. The Morgan fingerprint density at radius 2 is 1.84 bits per heavy atom. The summed E-state index contributed by atoms with van der Waals surface area (Å²) in [7, 11) is -0.809. The molecular formula is C21H25N3O6S. The number of sulfonamides is 1. The van der Waals surface area contributed by atoms with E-state index in [9.17, 15) is 13.2 Å². The third-order valence-electron chi connectivity index (χ3n) is 3.99. The highest BCUT2D eigenvalue weighted by Gasteiger charge is 2.23. The zero-order valence-corrected chi connectivity index (χ0v) is 18.4. The Morgan fingerprint density at radius 3 is 2.48 bits per heavy atom. The van der Waals surface area contributed by atoms with Crippen molar-refractivity contribution in [3.8, 4) is 17.2 Å². The second kappa shape index (κ2) is 11.0. The molecule has 10 heteroatoms. The van der Waals surface area contributed by atoms with Crippen molar-refractivity contribution in [2.75, 3.05) is 37.9 Å². The van der Waals surface area contributed by atoms with Crippen molar-refractivity contribution in [1.29, 1.82) is 0 Å². The van der Waals surface area contributed by atoms with Crippen molar-refractivity contribution in [2.24, 2.45) is 5.10 Å². The molecule has 0 bridgehead atoms. The second-order valence-corrected chi connectivity index (χ2v) is 8.15. The van der Waals surface area contributed by atoms with E-state index in [1.807, 2.05) is 0 Å². The third-order valence-corrected chi connectivity index (χ3v) is 5.12. The SMILES string of the molecule is C=CCOc1ccc(/C=N\NC(=O)CN(c2ccccc2OC)S(C)(=O)=O)cc1OC. The molecule has 0 spiro atoms. The zero-order valence-electron chi connectivity index (χ0n) is 17.6. The highest BCUT2D eigenvalue weighted by Crippen LogP contribution is 2.29. The molecule has 166 valence electrons. The summed E-state index contributed by atoms with van der Waals surface area (Å²) in [6, 6.07) is 11.6. The highest BCUT2D eigenvalue weighted by atomic mass is 32.2. The molecule has 0 saturated carbocycles. The fourth-order valence-electron chi connectivity index (χ4n) is 2.59. The summed E-state index contributed by atoms with van der Waals surface area (Å²) in [5.41, 5.74) is 3.23. The van der Waals surface area contributed by atoms with Gasteiger partial charge in [-0.2, -0.15) is 5.10 Å². The first-order valence-corrected chi connectivity index (χ1v) is 11.0. The van der Waals surface area contributed by atoms with Gasteiger partial charge < -0.3 is 14.2 Å². The van der Waals surface area contributed by atoms with E-state index in [1.165, 1.54) is 20.4 Å². The van der Waals surface area contributed by atoms with Crippen molar-refractivity contribution < 1.29 is 27.4 Å². The Kier molecular flexibility index (Phi) is 8.44. The first-order chi connectivity index (χ1) is 14.8. The fraction of sp³-hybridized carbons (Fsp3) is 0.238. The molecule has 0 aliphatic rings. The largest absolute Gasteiger partial charge is 0.495 e. The summed E-state index contributed by atoms with van der Waals surface area (Å²) in [5.74, 6) is 0.751. The zero-order chi connectivity index (χ0) is 22.9. The maximum atomic E-state index is 12.3. The lowest BCUT2D eigenvalue weighted by Gasteiger charge is -2.23. The van der Waals surface area contributed by atoms with Gasteiger partial charge >= 0.3 is 0 Å². The quantitative estimate of drug-likeness (QED) is 0.322. The molecule has 0 radical (unpaired) electrons. The Hall–Kier alpha value is -3.53. The molecule has 0 unspecified atom stereocenters. The number of rotatable bonds is 11. The number of ether oxygens (including phenoxy) is 3.